The van der Waals surface area contributed by atoms with Crippen LogP contribution >= 0.6 is 0 Å². The molecule has 0 aromatic carbocycles. The first-order valence-electron chi connectivity index (χ1n) is 4.93. The Labute approximate surface area is 91.9 Å². The lowest BCUT2D eigenvalue weighted by Gasteiger charge is -2.12. The van der Waals surface area contributed by atoms with Gasteiger partial charge in [-0.25, -0.2) is 9.59 Å². The number of carbonyl (C=O) groups excluding carboxylic acids is 1. The summed E-state index contributed by atoms with van der Waals surface area (Å²) in [6.45, 7) is 3.33. The number of aromatic nitrogens is 2. The van der Waals surface area contributed by atoms with E-state index in [0.717, 1.165) is 4.57 Å². The molecule has 0 aliphatic rings. The highest BCUT2D eigenvalue weighted by atomic mass is 16.5. The van der Waals surface area contributed by atoms with E-state index in [1.54, 1.807) is 6.92 Å². The Morgan fingerprint density at radius 1 is 1.56 bits per heavy atom. The summed E-state index contributed by atoms with van der Waals surface area (Å²) in [6, 6.07) is -0.750. The second-order valence-electron chi connectivity index (χ2n) is 3.37. The molecule has 0 radical (unpaired) electrons. The molecule has 0 saturated carbocycles. The Balaban J connectivity index is 3.29. The summed E-state index contributed by atoms with van der Waals surface area (Å²) in [5, 5.41) is 0. The number of nitrogens with zero attached hydrogens (tertiary/aromatic N) is 1. The number of nitrogens with one attached hydrogen (secondary N) is 1. The van der Waals surface area contributed by atoms with Crippen LogP contribution in [-0.2, 0) is 16.0 Å². The Hall–Kier alpha value is -1.85. The SMILES string of the molecule is CCc1cn([C@H](C)C(=O)OC)c(=O)[nH]c1=O. The Morgan fingerprint density at radius 3 is 2.69 bits per heavy atom. The number of methoxy groups -OCH3 is 1. The predicted octanol–water partition coefficient (Wildman–Crippen LogP) is -0.167. The molecule has 0 spiro atoms. The van der Waals surface area contributed by atoms with Crippen molar-refractivity contribution in [1.29, 1.82) is 0 Å². The molecule has 0 aliphatic carbocycles. The predicted molar refractivity (Wildman–Crippen MR) is 57.4 cm³/mol. The van der Waals surface area contributed by atoms with Crippen LogP contribution in [0.4, 0.5) is 0 Å². The maximum Gasteiger partial charge on any atom is 0.329 e. The highest BCUT2D eigenvalue weighted by molar-refractivity contribution is 5.73. The average Bonchev–Trinajstić information content (AvgIpc) is 2.27. The van der Waals surface area contributed by atoms with Crippen molar-refractivity contribution in [3.05, 3.63) is 32.6 Å². The number of carbonyl (C=O) groups is 1. The van der Waals surface area contributed by atoms with Crippen LogP contribution in [0.1, 0.15) is 25.5 Å². The number of hydrogen-bond acceptors (Lipinski definition) is 4. The first-order valence-corrected chi connectivity index (χ1v) is 4.93. The molecular formula is C10H14N2O4. The fourth-order valence-corrected chi connectivity index (χ4v) is 1.35. The fraction of sp³-hybridized carbons (Fsp3) is 0.500. The molecule has 1 atom stereocenters. The molecule has 1 aromatic heterocycles. The van der Waals surface area contributed by atoms with Crippen molar-refractivity contribution in [3.63, 3.8) is 0 Å². The lowest BCUT2D eigenvalue weighted by Crippen LogP contribution is -2.35. The molecule has 0 unspecified atom stereocenters. The molecule has 1 heterocycles. The van der Waals surface area contributed by atoms with Gasteiger partial charge < -0.3 is 4.74 Å². The first kappa shape index (κ1) is 12.2. The minimum absolute atomic E-state index is 0.416. The van der Waals surface area contributed by atoms with Gasteiger partial charge in [0.15, 0.2) is 0 Å². The zero-order valence-electron chi connectivity index (χ0n) is 9.44. The van der Waals surface area contributed by atoms with Gasteiger partial charge in [-0.1, -0.05) is 6.92 Å². The lowest BCUT2D eigenvalue weighted by atomic mass is 10.2. The summed E-state index contributed by atoms with van der Waals surface area (Å²) in [4.78, 5) is 36.2. The van der Waals surface area contributed by atoms with E-state index in [1.807, 2.05) is 0 Å². The van der Waals surface area contributed by atoms with Gasteiger partial charge in [-0.2, -0.15) is 0 Å². The number of H-pyrrole nitrogens is 1. The summed E-state index contributed by atoms with van der Waals surface area (Å²) in [6.07, 6.45) is 1.88. The summed E-state index contributed by atoms with van der Waals surface area (Å²) in [5.41, 5.74) is -0.573. The zero-order valence-corrected chi connectivity index (χ0v) is 9.44. The van der Waals surface area contributed by atoms with Crippen LogP contribution in [0.25, 0.3) is 0 Å². The van der Waals surface area contributed by atoms with Gasteiger partial charge >= 0.3 is 11.7 Å². The van der Waals surface area contributed by atoms with E-state index in [1.165, 1.54) is 20.2 Å². The number of esters is 1. The van der Waals surface area contributed by atoms with E-state index in [0.29, 0.717) is 12.0 Å². The Kier molecular flexibility index (Phi) is 3.65. The third-order valence-electron chi connectivity index (χ3n) is 2.38. The van der Waals surface area contributed by atoms with Crippen molar-refractivity contribution in [2.75, 3.05) is 7.11 Å². The van der Waals surface area contributed by atoms with Crippen LogP contribution < -0.4 is 11.2 Å². The monoisotopic (exact) mass is 226 g/mol. The third-order valence-corrected chi connectivity index (χ3v) is 2.38. The summed E-state index contributed by atoms with van der Waals surface area (Å²) < 4.78 is 5.69. The van der Waals surface area contributed by atoms with Gasteiger partial charge in [0.25, 0.3) is 5.56 Å². The maximum absolute atomic E-state index is 11.5. The van der Waals surface area contributed by atoms with Gasteiger partial charge in [0.05, 0.1) is 7.11 Å². The van der Waals surface area contributed by atoms with Crippen molar-refractivity contribution in [2.24, 2.45) is 0 Å². The van der Waals surface area contributed by atoms with Crippen LogP contribution in [0.5, 0.6) is 0 Å². The second-order valence-corrected chi connectivity index (χ2v) is 3.37. The largest absolute Gasteiger partial charge is 0.467 e. The molecule has 1 aromatic rings. The van der Waals surface area contributed by atoms with Crippen molar-refractivity contribution in [3.8, 4) is 0 Å². The van der Waals surface area contributed by atoms with E-state index in [-0.39, 0.29) is 0 Å². The van der Waals surface area contributed by atoms with Crippen molar-refractivity contribution in [2.45, 2.75) is 26.3 Å². The maximum atomic E-state index is 11.5. The van der Waals surface area contributed by atoms with Gasteiger partial charge in [0, 0.05) is 11.8 Å². The van der Waals surface area contributed by atoms with Crippen LogP contribution in [0.3, 0.4) is 0 Å². The quantitative estimate of drug-likeness (QED) is 0.726. The second kappa shape index (κ2) is 4.78. The lowest BCUT2D eigenvalue weighted by molar-refractivity contribution is -0.144. The molecule has 6 nitrogen and oxygen atoms in total. The molecule has 0 amide bonds. The van der Waals surface area contributed by atoms with E-state index >= 15 is 0 Å². The summed E-state index contributed by atoms with van der Waals surface area (Å²) in [7, 11) is 1.25. The molecule has 1 N–H and O–H groups in total. The molecule has 0 bridgehead atoms. The van der Waals surface area contributed by atoms with Gasteiger partial charge in [-0.3, -0.25) is 14.3 Å². The van der Waals surface area contributed by atoms with Gasteiger partial charge in [-0.05, 0) is 13.3 Å². The molecule has 88 valence electrons. The topological polar surface area (TPSA) is 81.2 Å². The molecule has 6 heteroatoms. The minimum atomic E-state index is -0.750. The number of aryl methyl sites for hydroxylation is 1. The minimum Gasteiger partial charge on any atom is -0.467 e. The summed E-state index contributed by atoms with van der Waals surface area (Å²) >= 11 is 0. The van der Waals surface area contributed by atoms with Gasteiger partial charge in [0.2, 0.25) is 0 Å². The normalized spacial score (nSPS) is 12.2. The summed E-state index contributed by atoms with van der Waals surface area (Å²) in [5.74, 6) is -0.531. The van der Waals surface area contributed by atoms with Crippen LogP contribution in [0.15, 0.2) is 15.8 Å². The van der Waals surface area contributed by atoms with Crippen LogP contribution in [0.2, 0.25) is 0 Å². The number of aromatic amines is 1. The van der Waals surface area contributed by atoms with E-state index < -0.39 is 23.3 Å². The highest BCUT2D eigenvalue weighted by Gasteiger charge is 2.17. The van der Waals surface area contributed by atoms with Crippen molar-refractivity contribution < 1.29 is 9.53 Å². The van der Waals surface area contributed by atoms with Crippen molar-refractivity contribution in [1.82, 2.24) is 9.55 Å². The van der Waals surface area contributed by atoms with Crippen LogP contribution in [0, 0.1) is 0 Å². The number of hydrogen-bond donors (Lipinski definition) is 1. The Morgan fingerprint density at radius 2 is 2.19 bits per heavy atom. The van der Waals surface area contributed by atoms with E-state index in [2.05, 4.69) is 9.72 Å². The molecule has 0 aliphatic heterocycles. The smallest absolute Gasteiger partial charge is 0.329 e. The molecule has 16 heavy (non-hydrogen) atoms. The number of ether oxygens (including phenoxy) is 1. The third kappa shape index (κ3) is 2.21. The molecule has 1 rings (SSSR count). The number of rotatable bonds is 3. The van der Waals surface area contributed by atoms with E-state index in [4.69, 9.17) is 0 Å². The van der Waals surface area contributed by atoms with Gasteiger partial charge in [0.1, 0.15) is 6.04 Å². The average molecular weight is 226 g/mol. The highest BCUT2D eigenvalue weighted by Crippen LogP contribution is 2.03. The Bertz CT molecular complexity index is 500. The van der Waals surface area contributed by atoms with Crippen LogP contribution in [-0.4, -0.2) is 22.6 Å². The molecule has 0 saturated heterocycles. The zero-order chi connectivity index (χ0) is 12.3. The fourth-order valence-electron chi connectivity index (χ4n) is 1.35. The molecule has 0 fully saturated rings. The van der Waals surface area contributed by atoms with Crippen molar-refractivity contribution >= 4 is 5.97 Å². The van der Waals surface area contributed by atoms with E-state index in [9.17, 15) is 14.4 Å². The first-order chi connectivity index (χ1) is 7.51. The van der Waals surface area contributed by atoms with Gasteiger partial charge in [-0.15, -0.1) is 0 Å². The molecular weight excluding hydrogens is 212 g/mol. The standard InChI is InChI=1S/C10H14N2O4/c1-4-7-5-12(6(2)9(14)16-3)10(15)11-8(7)13/h5-6H,4H2,1-3H3,(H,11,13,15)/t6-/m1/s1.